The van der Waals surface area contributed by atoms with Gasteiger partial charge in [0.1, 0.15) is 6.04 Å². The summed E-state index contributed by atoms with van der Waals surface area (Å²) in [6, 6.07) is 9.54. The van der Waals surface area contributed by atoms with Crippen LogP contribution in [0.3, 0.4) is 0 Å². The van der Waals surface area contributed by atoms with Crippen molar-refractivity contribution in [2.24, 2.45) is 0 Å². The van der Waals surface area contributed by atoms with Crippen LogP contribution >= 0.6 is 15.9 Å². The first kappa shape index (κ1) is 14.2. The molecule has 0 fully saturated rings. The van der Waals surface area contributed by atoms with Crippen LogP contribution in [0.1, 0.15) is 16.7 Å². The lowest BCUT2D eigenvalue weighted by molar-refractivity contribution is -0.144. The molecule has 5 heteroatoms. The van der Waals surface area contributed by atoms with Gasteiger partial charge in [0, 0.05) is 30.0 Å². The highest BCUT2D eigenvalue weighted by atomic mass is 79.9. The van der Waals surface area contributed by atoms with Crippen LogP contribution in [-0.2, 0) is 24.3 Å². The van der Waals surface area contributed by atoms with Gasteiger partial charge < -0.3 is 5.11 Å². The lowest BCUT2D eigenvalue weighted by Gasteiger charge is -2.34. The average Bonchev–Trinajstić information content (AvgIpc) is 2.46. The van der Waals surface area contributed by atoms with Crippen LogP contribution in [0.15, 0.2) is 47.2 Å². The number of pyridine rings is 1. The minimum Gasteiger partial charge on any atom is -0.480 e. The van der Waals surface area contributed by atoms with Crippen molar-refractivity contribution >= 4 is 21.9 Å². The molecule has 0 bridgehead atoms. The Labute approximate surface area is 131 Å². The number of carboxylic acid groups (broad SMARTS) is 1. The molecule has 0 radical (unpaired) electrons. The number of benzene rings is 1. The van der Waals surface area contributed by atoms with Crippen molar-refractivity contribution in [3.05, 3.63) is 63.9 Å². The molecule has 1 aliphatic heterocycles. The van der Waals surface area contributed by atoms with Crippen LogP contribution in [0.5, 0.6) is 0 Å². The summed E-state index contributed by atoms with van der Waals surface area (Å²) in [6.07, 6.45) is 4.06. The standard InChI is InChI=1S/C16H15BrN2O2/c17-14-5-11(7-18-8-14)9-19-10-13-4-2-1-3-12(13)6-15(19)16(20)21/h1-5,7-8,15H,6,9-10H2,(H,20,21)/t15-/m0/s1. The van der Waals surface area contributed by atoms with Crippen LogP contribution in [0.2, 0.25) is 0 Å². The highest BCUT2D eigenvalue weighted by Gasteiger charge is 2.31. The number of carboxylic acids is 1. The van der Waals surface area contributed by atoms with Crippen LogP contribution in [-0.4, -0.2) is 27.0 Å². The number of hydrogen-bond donors (Lipinski definition) is 1. The zero-order chi connectivity index (χ0) is 14.8. The topological polar surface area (TPSA) is 53.4 Å². The van der Waals surface area contributed by atoms with Crippen molar-refractivity contribution in [2.45, 2.75) is 25.6 Å². The van der Waals surface area contributed by atoms with Gasteiger partial charge >= 0.3 is 5.97 Å². The van der Waals surface area contributed by atoms with Crippen molar-refractivity contribution in [1.29, 1.82) is 0 Å². The van der Waals surface area contributed by atoms with Crippen LogP contribution in [0, 0.1) is 0 Å². The molecule has 1 N–H and O–H groups in total. The third-order valence-electron chi connectivity index (χ3n) is 3.78. The molecule has 1 aromatic carbocycles. The van der Waals surface area contributed by atoms with Crippen LogP contribution < -0.4 is 0 Å². The predicted octanol–water partition coefficient (Wildman–Crippen LogP) is 2.86. The van der Waals surface area contributed by atoms with Gasteiger partial charge in [-0.2, -0.15) is 0 Å². The van der Waals surface area contributed by atoms with Gasteiger partial charge in [0.25, 0.3) is 0 Å². The minimum absolute atomic E-state index is 0.487. The molecule has 2 heterocycles. The maximum Gasteiger partial charge on any atom is 0.321 e. The first-order valence-corrected chi connectivity index (χ1v) is 7.56. The summed E-state index contributed by atoms with van der Waals surface area (Å²) in [4.78, 5) is 17.7. The van der Waals surface area contributed by atoms with Gasteiger partial charge in [-0.3, -0.25) is 14.7 Å². The maximum atomic E-state index is 11.6. The van der Waals surface area contributed by atoms with Crippen molar-refractivity contribution in [1.82, 2.24) is 9.88 Å². The van der Waals surface area contributed by atoms with Gasteiger partial charge in [-0.1, -0.05) is 24.3 Å². The van der Waals surface area contributed by atoms with Gasteiger partial charge in [-0.25, -0.2) is 0 Å². The van der Waals surface area contributed by atoms with Gasteiger partial charge in [0.15, 0.2) is 0 Å². The third-order valence-corrected chi connectivity index (χ3v) is 4.21. The molecule has 0 spiro atoms. The third kappa shape index (κ3) is 3.14. The van der Waals surface area contributed by atoms with Gasteiger partial charge in [-0.15, -0.1) is 0 Å². The van der Waals surface area contributed by atoms with E-state index in [0.29, 0.717) is 19.5 Å². The highest BCUT2D eigenvalue weighted by molar-refractivity contribution is 9.10. The van der Waals surface area contributed by atoms with E-state index in [1.807, 2.05) is 29.2 Å². The van der Waals surface area contributed by atoms with Crippen molar-refractivity contribution in [2.75, 3.05) is 0 Å². The zero-order valence-electron chi connectivity index (χ0n) is 11.4. The summed E-state index contributed by atoms with van der Waals surface area (Å²) in [5.41, 5.74) is 3.35. The predicted molar refractivity (Wildman–Crippen MR) is 82.8 cm³/mol. The zero-order valence-corrected chi connectivity index (χ0v) is 13.0. The Balaban J connectivity index is 1.87. The molecule has 0 saturated carbocycles. The number of rotatable bonds is 3. The number of nitrogens with zero attached hydrogens (tertiary/aromatic N) is 2. The number of aromatic nitrogens is 1. The van der Waals surface area contributed by atoms with Crippen molar-refractivity contribution in [3.63, 3.8) is 0 Å². The fraction of sp³-hybridized carbons (Fsp3) is 0.250. The second-order valence-corrected chi connectivity index (χ2v) is 6.16. The Hall–Kier alpha value is -1.72. The number of halogens is 1. The largest absolute Gasteiger partial charge is 0.480 e. The molecule has 0 unspecified atom stereocenters. The summed E-state index contributed by atoms with van der Waals surface area (Å²) < 4.78 is 0.907. The quantitative estimate of drug-likeness (QED) is 0.928. The molecule has 4 nitrogen and oxygen atoms in total. The second-order valence-electron chi connectivity index (χ2n) is 5.24. The number of aliphatic carboxylic acids is 1. The number of fused-ring (bicyclic) bond motifs is 1. The summed E-state index contributed by atoms with van der Waals surface area (Å²) in [6.45, 7) is 1.23. The molecule has 0 saturated heterocycles. The normalized spacial score (nSPS) is 18.2. The molecular formula is C16H15BrN2O2. The van der Waals surface area contributed by atoms with E-state index < -0.39 is 12.0 Å². The van der Waals surface area contributed by atoms with E-state index in [0.717, 1.165) is 15.6 Å². The Morgan fingerprint density at radius 1 is 1.33 bits per heavy atom. The average molecular weight is 347 g/mol. The van der Waals surface area contributed by atoms with E-state index >= 15 is 0 Å². The van der Waals surface area contributed by atoms with E-state index in [1.54, 1.807) is 12.4 Å². The van der Waals surface area contributed by atoms with Crippen LogP contribution in [0.4, 0.5) is 0 Å². The fourth-order valence-corrected chi connectivity index (χ4v) is 3.18. The minimum atomic E-state index is -0.771. The summed E-state index contributed by atoms with van der Waals surface area (Å²) in [5, 5.41) is 9.50. The number of carbonyl (C=O) groups is 1. The Bertz CT molecular complexity index is 675. The molecule has 108 valence electrons. The lowest BCUT2D eigenvalue weighted by Crippen LogP contribution is -2.45. The highest BCUT2D eigenvalue weighted by Crippen LogP contribution is 2.25. The van der Waals surface area contributed by atoms with Crippen LogP contribution in [0.25, 0.3) is 0 Å². The first-order chi connectivity index (χ1) is 10.1. The Kier molecular flexibility index (Phi) is 4.03. The van der Waals surface area contributed by atoms with E-state index in [9.17, 15) is 9.90 Å². The van der Waals surface area contributed by atoms with Crippen molar-refractivity contribution in [3.8, 4) is 0 Å². The second kappa shape index (κ2) is 5.95. The van der Waals surface area contributed by atoms with E-state index in [1.165, 1.54) is 5.56 Å². The summed E-state index contributed by atoms with van der Waals surface area (Å²) in [7, 11) is 0. The van der Waals surface area contributed by atoms with E-state index in [4.69, 9.17) is 0 Å². The molecule has 1 aromatic heterocycles. The molecule has 0 amide bonds. The molecule has 1 aliphatic rings. The van der Waals surface area contributed by atoms with Crippen molar-refractivity contribution < 1.29 is 9.90 Å². The molecule has 0 aliphatic carbocycles. The van der Waals surface area contributed by atoms with Gasteiger partial charge in [-0.05, 0) is 45.1 Å². The summed E-state index contributed by atoms with van der Waals surface area (Å²) >= 11 is 3.40. The van der Waals surface area contributed by atoms with E-state index in [-0.39, 0.29) is 0 Å². The monoisotopic (exact) mass is 346 g/mol. The van der Waals surface area contributed by atoms with E-state index in [2.05, 4.69) is 27.0 Å². The Morgan fingerprint density at radius 3 is 2.81 bits per heavy atom. The fourth-order valence-electron chi connectivity index (χ4n) is 2.76. The molecular weight excluding hydrogens is 332 g/mol. The van der Waals surface area contributed by atoms with Gasteiger partial charge in [0.2, 0.25) is 0 Å². The smallest absolute Gasteiger partial charge is 0.321 e. The first-order valence-electron chi connectivity index (χ1n) is 6.76. The lowest BCUT2D eigenvalue weighted by atomic mass is 9.93. The molecule has 2 aromatic rings. The Morgan fingerprint density at radius 2 is 2.10 bits per heavy atom. The number of hydrogen-bond acceptors (Lipinski definition) is 3. The maximum absolute atomic E-state index is 11.6. The molecule has 3 rings (SSSR count). The molecule has 21 heavy (non-hydrogen) atoms. The van der Waals surface area contributed by atoms with Gasteiger partial charge in [0.05, 0.1) is 0 Å². The molecule has 1 atom stereocenters. The summed E-state index contributed by atoms with van der Waals surface area (Å²) in [5.74, 6) is -0.771. The SMILES string of the molecule is O=C(O)[C@@H]1Cc2ccccc2CN1Cc1cncc(Br)c1.